The number of carbonyl (C=O) groups excluding carboxylic acids is 1. The lowest BCUT2D eigenvalue weighted by Crippen LogP contribution is -2.17. The van der Waals surface area contributed by atoms with Crippen LogP contribution in [0.3, 0.4) is 0 Å². The van der Waals surface area contributed by atoms with Crippen LogP contribution in [0, 0.1) is 5.82 Å². The molecule has 0 aromatic heterocycles. The summed E-state index contributed by atoms with van der Waals surface area (Å²) in [6, 6.07) is 10.2. The first kappa shape index (κ1) is 14.2. The smallest absolute Gasteiger partial charge is 0.271 e. The van der Waals surface area contributed by atoms with Gasteiger partial charge in [-0.25, -0.2) is 9.82 Å². The summed E-state index contributed by atoms with van der Waals surface area (Å²) in [5.41, 5.74) is 3.36. The predicted octanol–water partition coefficient (Wildman–Crippen LogP) is 3.06. The third-order valence-electron chi connectivity index (χ3n) is 2.45. The van der Waals surface area contributed by atoms with E-state index in [1.807, 2.05) is 0 Å². The van der Waals surface area contributed by atoms with Crippen molar-refractivity contribution in [2.45, 2.75) is 0 Å². The SMILES string of the molecule is O=C(N/N=C/c1ccc(F)c(Br)c1)c1ccc(O)cc1. The molecule has 0 unspecified atom stereocenters. The summed E-state index contributed by atoms with van der Waals surface area (Å²) in [6.07, 6.45) is 1.41. The second-order valence-electron chi connectivity index (χ2n) is 3.92. The normalized spacial score (nSPS) is 10.7. The zero-order valence-electron chi connectivity index (χ0n) is 10.2. The molecule has 0 bridgehead atoms. The van der Waals surface area contributed by atoms with Gasteiger partial charge < -0.3 is 5.11 Å². The minimum absolute atomic E-state index is 0.0845. The van der Waals surface area contributed by atoms with Crippen molar-refractivity contribution in [2.75, 3.05) is 0 Å². The molecule has 0 radical (unpaired) electrons. The first-order valence-corrected chi connectivity index (χ1v) is 6.43. The Morgan fingerprint density at radius 3 is 2.60 bits per heavy atom. The van der Waals surface area contributed by atoms with Crippen molar-refractivity contribution in [1.29, 1.82) is 0 Å². The van der Waals surface area contributed by atoms with E-state index >= 15 is 0 Å². The van der Waals surface area contributed by atoms with Gasteiger partial charge in [-0.3, -0.25) is 4.79 Å². The molecular formula is C14H10BrFN2O2. The fourth-order valence-electron chi connectivity index (χ4n) is 1.44. The number of carbonyl (C=O) groups is 1. The van der Waals surface area contributed by atoms with Crippen molar-refractivity contribution in [2.24, 2.45) is 5.10 Å². The lowest BCUT2D eigenvalue weighted by Gasteiger charge is -2.00. The van der Waals surface area contributed by atoms with Crippen LogP contribution in [0.2, 0.25) is 0 Å². The van der Waals surface area contributed by atoms with E-state index in [1.54, 1.807) is 6.07 Å². The molecule has 0 aliphatic carbocycles. The maximum atomic E-state index is 13.0. The Balaban J connectivity index is 2.00. The minimum Gasteiger partial charge on any atom is -0.508 e. The molecule has 0 saturated carbocycles. The molecule has 4 nitrogen and oxygen atoms in total. The highest BCUT2D eigenvalue weighted by Gasteiger charge is 2.03. The molecule has 2 rings (SSSR count). The Kier molecular flexibility index (Phi) is 4.47. The van der Waals surface area contributed by atoms with Crippen LogP contribution in [0.15, 0.2) is 52.0 Å². The summed E-state index contributed by atoms with van der Waals surface area (Å²) in [6.45, 7) is 0. The second-order valence-corrected chi connectivity index (χ2v) is 4.77. The van der Waals surface area contributed by atoms with Crippen LogP contribution in [-0.2, 0) is 0 Å². The van der Waals surface area contributed by atoms with Gasteiger partial charge in [0.05, 0.1) is 10.7 Å². The lowest BCUT2D eigenvalue weighted by atomic mass is 10.2. The van der Waals surface area contributed by atoms with Crippen LogP contribution in [0.25, 0.3) is 0 Å². The highest BCUT2D eigenvalue weighted by atomic mass is 79.9. The van der Waals surface area contributed by atoms with Gasteiger partial charge in [-0.15, -0.1) is 0 Å². The number of rotatable bonds is 3. The summed E-state index contributed by atoms with van der Waals surface area (Å²) in [4.78, 5) is 11.7. The number of amides is 1. The number of halogens is 2. The molecule has 0 atom stereocenters. The molecule has 0 fully saturated rings. The lowest BCUT2D eigenvalue weighted by molar-refractivity contribution is 0.0955. The van der Waals surface area contributed by atoms with Gasteiger partial charge in [0.25, 0.3) is 5.91 Å². The number of phenolic OH excluding ortho intramolecular Hbond substituents is 1. The van der Waals surface area contributed by atoms with E-state index in [9.17, 15) is 9.18 Å². The van der Waals surface area contributed by atoms with Crippen molar-refractivity contribution in [3.8, 4) is 5.75 Å². The third-order valence-corrected chi connectivity index (χ3v) is 3.06. The van der Waals surface area contributed by atoms with Crippen LogP contribution in [-0.4, -0.2) is 17.2 Å². The topological polar surface area (TPSA) is 61.7 Å². The monoisotopic (exact) mass is 336 g/mol. The summed E-state index contributed by atoms with van der Waals surface area (Å²) in [5, 5.41) is 12.9. The largest absolute Gasteiger partial charge is 0.508 e. The third kappa shape index (κ3) is 3.64. The van der Waals surface area contributed by atoms with Gasteiger partial charge >= 0.3 is 0 Å². The van der Waals surface area contributed by atoms with Crippen molar-refractivity contribution < 1.29 is 14.3 Å². The number of nitrogens with one attached hydrogen (secondary N) is 1. The minimum atomic E-state index is -0.401. The van der Waals surface area contributed by atoms with Gasteiger partial charge in [-0.1, -0.05) is 6.07 Å². The van der Waals surface area contributed by atoms with E-state index in [0.717, 1.165) is 0 Å². The Bertz CT molecular complexity index is 657. The number of benzene rings is 2. The molecule has 20 heavy (non-hydrogen) atoms. The van der Waals surface area contributed by atoms with Crippen LogP contribution in [0.1, 0.15) is 15.9 Å². The van der Waals surface area contributed by atoms with Crippen molar-refractivity contribution in [3.05, 3.63) is 63.9 Å². The molecule has 0 heterocycles. The van der Waals surface area contributed by atoms with Gasteiger partial charge in [0, 0.05) is 5.56 Å². The van der Waals surface area contributed by atoms with Gasteiger partial charge in [0.15, 0.2) is 0 Å². The quantitative estimate of drug-likeness (QED) is 0.668. The molecule has 2 N–H and O–H groups in total. The van der Waals surface area contributed by atoms with E-state index in [2.05, 4.69) is 26.5 Å². The van der Waals surface area contributed by atoms with Crippen molar-refractivity contribution >= 4 is 28.1 Å². The molecule has 0 aliphatic heterocycles. The molecule has 0 aliphatic rings. The summed E-state index contributed by atoms with van der Waals surface area (Å²) < 4.78 is 13.3. The zero-order chi connectivity index (χ0) is 14.5. The second kappa shape index (κ2) is 6.29. The average Bonchev–Trinajstić information content (AvgIpc) is 2.43. The van der Waals surface area contributed by atoms with Gasteiger partial charge in [-0.05, 0) is 57.9 Å². The van der Waals surface area contributed by atoms with E-state index < -0.39 is 5.91 Å². The highest BCUT2D eigenvalue weighted by molar-refractivity contribution is 9.10. The zero-order valence-corrected chi connectivity index (χ0v) is 11.8. The first-order chi connectivity index (χ1) is 9.56. The molecule has 6 heteroatoms. The molecule has 0 saturated heterocycles. The Morgan fingerprint density at radius 2 is 1.95 bits per heavy atom. The maximum Gasteiger partial charge on any atom is 0.271 e. The standard InChI is InChI=1S/C14H10BrFN2O2/c15-12-7-9(1-6-13(12)16)8-17-18-14(20)10-2-4-11(19)5-3-10/h1-8,19H,(H,18,20)/b17-8+. The highest BCUT2D eigenvalue weighted by Crippen LogP contribution is 2.15. The van der Waals surface area contributed by atoms with Crippen molar-refractivity contribution in [1.82, 2.24) is 5.43 Å². The molecule has 1 amide bonds. The summed E-state index contributed by atoms with van der Waals surface area (Å²) >= 11 is 3.06. The molecular weight excluding hydrogens is 327 g/mol. The number of hydrogen-bond donors (Lipinski definition) is 2. The van der Waals surface area contributed by atoms with Gasteiger partial charge in [-0.2, -0.15) is 5.10 Å². The number of phenols is 1. The molecule has 102 valence electrons. The Hall–Kier alpha value is -2.21. The molecule has 2 aromatic carbocycles. The van der Waals surface area contributed by atoms with Gasteiger partial charge in [0.2, 0.25) is 0 Å². The Morgan fingerprint density at radius 1 is 1.25 bits per heavy atom. The average molecular weight is 337 g/mol. The number of nitrogens with zero attached hydrogens (tertiary/aromatic N) is 1. The van der Waals surface area contributed by atoms with Crippen LogP contribution < -0.4 is 5.43 Å². The van der Waals surface area contributed by atoms with Crippen LogP contribution in [0.4, 0.5) is 4.39 Å². The summed E-state index contributed by atoms with van der Waals surface area (Å²) in [7, 11) is 0. The van der Waals surface area contributed by atoms with E-state index in [0.29, 0.717) is 15.6 Å². The van der Waals surface area contributed by atoms with Gasteiger partial charge in [0.1, 0.15) is 11.6 Å². The van der Waals surface area contributed by atoms with E-state index in [4.69, 9.17) is 5.11 Å². The van der Waals surface area contributed by atoms with Crippen molar-refractivity contribution in [3.63, 3.8) is 0 Å². The van der Waals surface area contributed by atoms with E-state index in [1.165, 1.54) is 42.6 Å². The first-order valence-electron chi connectivity index (χ1n) is 5.64. The maximum absolute atomic E-state index is 13.0. The molecule has 2 aromatic rings. The molecule has 0 spiro atoms. The predicted molar refractivity (Wildman–Crippen MR) is 77.3 cm³/mol. The Labute approximate surface area is 123 Å². The number of hydrogen-bond acceptors (Lipinski definition) is 3. The van der Waals surface area contributed by atoms with E-state index in [-0.39, 0.29) is 11.6 Å². The fraction of sp³-hybridized carbons (Fsp3) is 0. The fourth-order valence-corrected chi connectivity index (χ4v) is 1.83. The summed E-state index contributed by atoms with van der Waals surface area (Å²) in [5.74, 6) is -0.682. The van der Waals surface area contributed by atoms with Crippen LogP contribution >= 0.6 is 15.9 Å². The number of hydrazone groups is 1. The number of aromatic hydroxyl groups is 1. The van der Waals surface area contributed by atoms with Crippen LogP contribution in [0.5, 0.6) is 5.75 Å².